The summed E-state index contributed by atoms with van der Waals surface area (Å²) in [7, 11) is 1.37. The fraction of sp³-hybridized carbons (Fsp3) is 0.632. The summed E-state index contributed by atoms with van der Waals surface area (Å²) in [5.74, 6) is 1.39. The molecule has 1 N–H and O–H groups in total. The smallest absolute Gasteiger partial charge is 0.339 e. The fourth-order valence-corrected chi connectivity index (χ4v) is 4.24. The highest BCUT2D eigenvalue weighted by molar-refractivity contribution is 6.33. The maximum absolute atomic E-state index is 11.6. The van der Waals surface area contributed by atoms with Gasteiger partial charge in [0.25, 0.3) is 0 Å². The zero-order valence-electron chi connectivity index (χ0n) is 14.4. The van der Waals surface area contributed by atoms with Crippen molar-refractivity contribution in [3.63, 3.8) is 0 Å². The van der Waals surface area contributed by atoms with Crippen molar-refractivity contribution < 1.29 is 9.53 Å². The second-order valence-electron chi connectivity index (χ2n) is 7.02. The summed E-state index contributed by atoms with van der Waals surface area (Å²) in [6, 6.07) is 5.64. The van der Waals surface area contributed by atoms with Gasteiger partial charge in [0.15, 0.2) is 0 Å². The lowest BCUT2D eigenvalue weighted by atomic mass is 9.83. The third-order valence-corrected chi connectivity index (χ3v) is 5.78. The molecule has 0 aromatic heterocycles. The Bertz CT molecular complexity index is 564. The first-order valence-corrected chi connectivity index (χ1v) is 9.38. The molecule has 0 saturated carbocycles. The molecule has 0 atom stereocenters. The van der Waals surface area contributed by atoms with Gasteiger partial charge in [-0.1, -0.05) is 11.6 Å². The Balaban J connectivity index is 1.54. The number of esters is 1. The monoisotopic (exact) mass is 350 g/mol. The van der Waals surface area contributed by atoms with E-state index >= 15 is 0 Å². The molecule has 0 radical (unpaired) electrons. The Kier molecular flexibility index (Phi) is 6.01. The number of benzene rings is 1. The van der Waals surface area contributed by atoms with Crippen LogP contribution in [0, 0.1) is 11.8 Å². The van der Waals surface area contributed by atoms with E-state index in [1.807, 2.05) is 12.1 Å². The van der Waals surface area contributed by atoms with Crippen LogP contribution in [0.3, 0.4) is 0 Å². The number of carbonyl (C=O) groups excluding carboxylic acids is 1. The third kappa shape index (κ3) is 4.22. The molecule has 24 heavy (non-hydrogen) atoms. The predicted molar refractivity (Wildman–Crippen MR) is 97.9 cm³/mol. The Morgan fingerprint density at radius 3 is 2.50 bits per heavy atom. The molecule has 2 aliphatic rings. The normalized spacial score (nSPS) is 20.2. The van der Waals surface area contributed by atoms with E-state index in [9.17, 15) is 4.79 Å². The molecule has 0 spiro atoms. The van der Waals surface area contributed by atoms with Gasteiger partial charge in [-0.15, -0.1) is 0 Å². The summed E-state index contributed by atoms with van der Waals surface area (Å²) in [5, 5.41) is 3.92. The van der Waals surface area contributed by atoms with Crippen LogP contribution < -0.4 is 10.2 Å². The van der Waals surface area contributed by atoms with Crippen molar-refractivity contribution in [2.45, 2.75) is 32.1 Å². The first kappa shape index (κ1) is 17.6. The number of methoxy groups -OCH3 is 1. The Labute approximate surface area is 149 Å². The van der Waals surface area contributed by atoms with Crippen LogP contribution >= 0.6 is 11.6 Å². The van der Waals surface area contributed by atoms with Crippen LogP contribution in [0.5, 0.6) is 0 Å². The molecule has 0 bridgehead atoms. The van der Waals surface area contributed by atoms with E-state index < -0.39 is 0 Å². The van der Waals surface area contributed by atoms with E-state index in [0.29, 0.717) is 10.6 Å². The zero-order valence-corrected chi connectivity index (χ0v) is 15.1. The van der Waals surface area contributed by atoms with Crippen molar-refractivity contribution in [1.29, 1.82) is 0 Å². The molecule has 5 heteroatoms. The van der Waals surface area contributed by atoms with Crippen molar-refractivity contribution in [1.82, 2.24) is 5.32 Å². The van der Waals surface area contributed by atoms with Crippen molar-refractivity contribution in [3.05, 3.63) is 28.8 Å². The molecule has 0 unspecified atom stereocenters. The summed E-state index contributed by atoms with van der Waals surface area (Å²) in [5.41, 5.74) is 1.54. The number of nitrogens with zero attached hydrogens (tertiary/aromatic N) is 1. The van der Waals surface area contributed by atoms with Gasteiger partial charge in [-0.05, 0) is 75.2 Å². The van der Waals surface area contributed by atoms with Crippen LogP contribution in [0.4, 0.5) is 5.69 Å². The van der Waals surface area contributed by atoms with Crippen LogP contribution in [0.15, 0.2) is 18.2 Å². The van der Waals surface area contributed by atoms with Crippen molar-refractivity contribution in [2.75, 3.05) is 38.2 Å². The van der Waals surface area contributed by atoms with Crippen LogP contribution in [0.2, 0.25) is 5.02 Å². The molecular weight excluding hydrogens is 324 g/mol. The molecule has 2 saturated heterocycles. The number of anilines is 1. The number of rotatable bonds is 4. The first-order valence-electron chi connectivity index (χ1n) is 9.01. The van der Waals surface area contributed by atoms with E-state index in [4.69, 9.17) is 16.3 Å². The maximum atomic E-state index is 11.6. The zero-order chi connectivity index (χ0) is 16.9. The van der Waals surface area contributed by atoms with Gasteiger partial charge >= 0.3 is 5.97 Å². The summed E-state index contributed by atoms with van der Waals surface area (Å²) < 4.78 is 4.75. The number of nitrogens with one attached hydrogen (secondary N) is 1. The van der Waals surface area contributed by atoms with Gasteiger partial charge < -0.3 is 15.0 Å². The molecule has 132 valence electrons. The molecule has 1 aromatic rings. The highest BCUT2D eigenvalue weighted by Gasteiger charge is 2.24. The van der Waals surface area contributed by atoms with Gasteiger partial charge in [-0.3, -0.25) is 0 Å². The van der Waals surface area contributed by atoms with Gasteiger partial charge in [0.2, 0.25) is 0 Å². The van der Waals surface area contributed by atoms with Crippen LogP contribution in [-0.2, 0) is 4.74 Å². The first-order chi connectivity index (χ1) is 11.7. The number of hydrogen-bond donors (Lipinski definition) is 1. The van der Waals surface area contributed by atoms with E-state index in [0.717, 1.165) is 30.6 Å². The molecule has 0 aliphatic carbocycles. The summed E-state index contributed by atoms with van der Waals surface area (Å²) in [6.45, 7) is 4.52. The van der Waals surface area contributed by atoms with Crippen LogP contribution in [-0.4, -0.2) is 39.3 Å². The maximum Gasteiger partial charge on any atom is 0.339 e. The Hall–Kier alpha value is -1.26. The quantitative estimate of drug-likeness (QED) is 0.840. The van der Waals surface area contributed by atoms with Gasteiger partial charge in [0.05, 0.1) is 17.7 Å². The molecule has 3 rings (SSSR count). The summed E-state index contributed by atoms with van der Waals surface area (Å²) >= 11 is 6.25. The number of halogens is 1. The largest absolute Gasteiger partial charge is 0.465 e. The lowest BCUT2D eigenvalue weighted by molar-refractivity contribution is 0.0601. The lowest BCUT2D eigenvalue weighted by Crippen LogP contribution is -2.35. The Morgan fingerprint density at radius 2 is 1.88 bits per heavy atom. The highest BCUT2D eigenvalue weighted by Crippen LogP contribution is 2.32. The van der Waals surface area contributed by atoms with Gasteiger partial charge in [-0.25, -0.2) is 4.79 Å². The second kappa shape index (κ2) is 8.21. The van der Waals surface area contributed by atoms with Gasteiger partial charge in [0.1, 0.15) is 0 Å². The topological polar surface area (TPSA) is 41.6 Å². The average Bonchev–Trinajstić information content (AvgIpc) is 2.62. The van der Waals surface area contributed by atoms with E-state index in [2.05, 4.69) is 10.2 Å². The second-order valence-corrected chi connectivity index (χ2v) is 7.42. The number of carbonyl (C=O) groups is 1. The average molecular weight is 351 g/mol. The van der Waals surface area contributed by atoms with E-state index in [1.54, 1.807) is 6.07 Å². The van der Waals surface area contributed by atoms with Crippen molar-refractivity contribution >= 4 is 23.3 Å². The minimum absolute atomic E-state index is 0.382. The van der Waals surface area contributed by atoms with Gasteiger partial charge in [-0.2, -0.15) is 0 Å². The number of piperidine rings is 2. The minimum atomic E-state index is -0.382. The molecule has 2 fully saturated rings. The minimum Gasteiger partial charge on any atom is -0.465 e. The molecule has 0 amide bonds. The fourth-order valence-electron chi connectivity index (χ4n) is 3.99. The SMILES string of the molecule is COC(=O)c1ccc(N2CCC(CC3CCNCC3)CC2)cc1Cl. The molecule has 2 heterocycles. The molecule has 2 aliphatic heterocycles. The molecular formula is C19H27ClN2O2. The lowest BCUT2D eigenvalue weighted by Gasteiger charge is -2.36. The van der Waals surface area contributed by atoms with E-state index in [1.165, 1.54) is 52.3 Å². The highest BCUT2D eigenvalue weighted by atomic mass is 35.5. The van der Waals surface area contributed by atoms with Crippen LogP contribution in [0.25, 0.3) is 0 Å². The molecule has 4 nitrogen and oxygen atoms in total. The summed E-state index contributed by atoms with van der Waals surface area (Å²) in [6.07, 6.45) is 6.56. The summed E-state index contributed by atoms with van der Waals surface area (Å²) in [4.78, 5) is 14.0. The molecule has 1 aromatic carbocycles. The Morgan fingerprint density at radius 1 is 1.21 bits per heavy atom. The van der Waals surface area contributed by atoms with Crippen LogP contribution in [0.1, 0.15) is 42.5 Å². The standard InChI is InChI=1S/C19H27ClN2O2/c1-24-19(23)17-3-2-16(13-18(17)20)22-10-6-15(7-11-22)12-14-4-8-21-9-5-14/h2-3,13-15,21H,4-12H2,1H3. The van der Waals surface area contributed by atoms with Gasteiger partial charge in [0, 0.05) is 18.8 Å². The van der Waals surface area contributed by atoms with E-state index in [-0.39, 0.29) is 5.97 Å². The number of ether oxygens (including phenoxy) is 1. The number of hydrogen-bond acceptors (Lipinski definition) is 4. The van der Waals surface area contributed by atoms with Crippen molar-refractivity contribution in [2.24, 2.45) is 11.8 Å². The predicted octanol–water partition coefficient (Wildman–Crippen LogP) is 3.73. The van der Waals surface area contributed by atoms with Crippen molar-refractivity contribution in [3.8, 4) is 0 Å². The third-order valence-electron chi connectivity index (χ3n) is 5.46.